The van der Waals surface area contributed by atoms with Crippen LogP contribution in [0.1, 0.15) is 50.4 Å². The van der Waals surface area contributed by atoms with E-state index in [9.17, 15) is 19.5 Å². The second-order valence-corrected chi connectivity index (χ2v) is 13.3. The lowest BCUT2D eigenvalue weighted by atomic mass is 10.0. The predicted molar refractivity (Wildman–Crippen MR) is 202 cm³/mol. The molecule has 5 rings (SSSR count). The second kappa shape index (κ2) is 17.7. The quantitative estimate of drug-likeness (QED) is 0.159. The van der Waals surface area contributed by atoms with Gasteiger partial charge in [0.05, 0.1) is 36.1 Å². The number of aliphatic hydroxyl groups is 1. The van der Waals surface area contributed by atoms with Gasteiger partial charge in [-0.05, 0) is 74.9 Å². The highest BCUT2D eigenvalue weighted by molar-refractivity contribution is 6.03. The highest BCUT2D eigenvalue weighted by Crippen LogP contribution is 2.29. The Labute approximate surface area is 299 Å². The molecule has 0 bridgehead atoms. The van der Waals surface area contributed by atoms with Crippen LogP contribution in [-0.4, -0.2) is 84.5 Å². The van der Waals surface area contributed by atoms with Crippen LogP contribution in [0.4, 0.5) is 26.7 Å². The van der Waals surface area contributed by atoms with Gasteiger partial charge in [-0.1, -0.05) is 61.5 Å². The smallest absolute Gasteiger partial charge is 0.323 e. The molecule has 4 aromatic rings. The molecule has 1 aliphatic rings. The van der Waals surface area contributed by atoms with E-state index in [4.69, 9.17) is 9.47 Å². The third kappa shape index (κ3) is 9.99. The number of nitrogens with one attached hydrogen (secondary N) is 3. The second-order valence-electron chi connectivity index (χ2n) is 13.3. The number of nitrogens with zero attached hydrogens (tertiary/aromatic N) is 2. The minimum absolute atomic E-state index is 0.193. The van der Waals surface area contributed by atoms with Gasteiger partial charge in [-0.3, -0.25) is 4.79 Å². The molecule has 0 unspecified atom stereocenters. The first-order valence-electron chi connectivity index (χ1n) is 17.6. The zero-order valence-electron chi connectivity index (χ0n) is 29.8. The van der Waals surface area contributed by atoms with Crippen LogP contribution in [0.3, 0.4) is 0 Å². The summed E-state index contributed by atoms with van der Waals surface area (Å²) >= 11 is 0. The summed E-state index contributed by atoms with van der Waals surface area (Å²) in [5.41, 5.74) is 2.04. The first kappa shape index (κ1) is 37.1. The van der Waals surface area contributed by atoms with Crippen molar-refractivity contribution in [1.29, 1.82) is 0 Å². The first-order chi connectivity index (χ1) is 24.6. The maximum atomic E-state index is 14.4. The average molecular weight is 696 g/mol. The monoisotopic (exact) mass is 695 g/mol. The Balaban J connectivity index is 1.37. The van der Waals surface area contributed by atoms with Crippen molar-refractivity contribution in [2.24, 2.45) is 5.92 Å². The number of benzene rings is 4. The van der Waals surface area contributed by atoms with E-state index in [0.717, 1.165) is 35.7 Å². The number of urea groups is 2. The highest BCUT2D eigenvalue weighted by Gasteiger charge is 2.31. The molecule has 51 heavy (non-hydrogen) atoms. The molecule has 4 aromatic carbocycles. The van der Waals surface area contributed by atoms with E-state index in [2.05, 4.69) is 16.0 Å². The summed E-state index contributed by atoms with van der Waals surface area (Å²) in [4.78, 5) is 43.9. The number of ether oxygens (including phenoxy) is 2. The van der Waals surface area contributed by atoms with Crippen LogP contribution in [0.2, 0.25) is 0 Å². The number of amides is 5. The first-order valence-corrected chi connectivity index (χ1v) is 17.6. The summed E-state index contributed by atoms with van der Waals surface area (Å²) in [5, 5.41) is 20.9. The molecule has 4 atom stereocenters. The van der Waals surface area contributed by atoms with Crippen LogP contribution >= 0.6 is 0 Å². The van der Waals surface area contributed by atoms with Gasteiger partial charge in [0, 0.05) is 49.4 Å². The van der Waals surface area contributed by atoms with Gasteiger partial charge >= 0.3 is 12.1 Å². The Kier molecular flexibility index (Phi) is 12.9. The lowest BCUT2D eigenvalue weighted by Gasteiger charge is -2.35. The van der Waals surface area contributed by atoms with E-state index in [0.29, 0.717) is 23.7 Å². The van der Waals surface area contributed by atoms with Gasteiger partial charge in [0.25, 0.3) is 5.91 Å². The molecular formula is C40H49N5O6. The fourth-order valence-corrected chi connectivity index (χ4v) is 6.18. The van der Waals surface area contributed by atoms with Crippen molar-refractivity contribution in [3.05, 3.63) is 96.6 Å². The summed E-state index contributed by atoms with van der Waals surface area (Å²) in [6.07, 6.45) is 1.78. The lowest BCUT2D eigenvalue weighted by Crippen LogP contribution is -2.48. The number of likely N-dealkylation sites (N-methyl/N-ethyl adjacent to an activating group) is 1. The zero-order chi connectivity index (χ0) is 36.3. The molecule has 0 saturated carbocycles. The van der Waals surface area contributed by atoms with Gasteiger partial charge in [0.1, 0.15) is 5.75 Å². The maximum absolute atomic E-state index is 14.4. The Bertz CT molecular complexity index is 1780. The Morgan fingerprint density at radius 3 is 2.43 bits per heavy atom. The fourth-order valence-electron chi connectivity index (χ4n) is 6.18. The van der Waals surface area contributed by atoms with Gasteiger partial charge in [0.2, 0.25) is 0 Å². The van der Waals surface area contributed by atoms with Crippen molar-refractivity contribution in [1.82, 2.24) is 9.80 Å². The molecule has 270 valence electrons. The Hall–Kier alpha value is -5.13. The molecule has 0 spiro atoms. The van der Waals surface area contributed by atoms with E-state index in [1.165, 1.54) is 0 Å². The molecule has 11 nitrogen and oxygen atoms in total. The van der Waals surface area contributed by atoms with Crippen molar-refractivity contribution < 1.29 is 29.0 Å². The van der Waals surface area contributed by atoms with E-state index in [-0.39, 0.29) is 49.2 Å². The normalized spacial score (nSPS) is 19.2. The molecule has 0 aromatic heterocycles. The number of fused-ring (bicyclic) bond motifs is 2. The van der Waals surface area contributed by atoms with E-state index < -0.39 is 18.2 Å². The summed E-state index contributed by atoms with van der Waals surface area (Å²) < 4.78 is 12.7. The molecule has 0 aliphatic carbocycles. The molecule has 0 saturated heterocycles. The van der Waals surface area contributed by atoms with Crippen LogP contribution in [0, 0.1) is 5.92 Å². The van der Waals surface area contributed by atoms with Crippen LogP contribution < -0.4 is 20.7 Å². The Morgan fingerprint density at radius 2 is 1.65 bits per heavy atom. The number of carbonyl (C=O) groups excluding carboxylic acids is 3. The number of anilines is 3. The molecule has 4 N–H and O–H groups in total. The highest BCUT2D eigenvalue weighted by atomic mass is 16.5. The molecule has 11 heteroatoms. The molecular weight excluding hydrogens is 646 g/mol. The van der Waals surface area contributed by atoms with Gasteiger partial charge in [-0.25, -0.2) is 9.59 Å². The van der Waals surface area contributed by atoms with Gasteiger partial charge in [-0.15, -0.1) is 0 Å². The average Bonchev–Trinajstić information content (AvgIpc) is 3.13. The van der Waals surface area contributed by atoms with Gasteiger partial charge < -0.3 is 40.3 Å². The largest absolute Gasteiger partial charge is 0.490 e. The minimum atomic E-state index is -0.538. The van der Waals surface area contributed by atoms with Crippen LogP contribution in [-0.2, 0) is 4.74 Å². The number of hydrogen-bond donors (Lipinski definition) is 4. The number of para-hydroxylation sites is 1. The summed E-state index contributed by atoms with van der Waals surface area (Å²) in [7, 11) is 1.74. The fraction of sp³-hybridized carbons (Fsp3) is 0.375. The third-order valence-electron chi connectivity index (χ3n) is 9.17. The minimum Gasteiger partial charge on any atom is -0.490 e. The topological polar surface area (TPSA) is 132 Å². The third-order valence-corrected chi connectivity index (χ3v) is 9.17. The van der Waals surface area contributed by atoms with Crippen LogP contribution in [0.5, 0.6) is 5.75 Å². The summed E-state index contributed by atoms with van der Waals surface area (Å²) in [5.74, 6) is -0.172. The van der Waals surface area contributed by atoms with Crippen molar-refractivity contribution in [3.63, 3.8) is 0 Å². The standard InChI is InChI=1S/C40H49N5O6/c1-27-24-45(28(2)26-46)38(47)34-23-32(42-39(48)41-31-16-6-5-7-17-31)20-21-36(34)51-29(3)13-10-11-22-50-37(27)25-44(4)40(49)43-35-19-12-15-30-14-8-9-18-33(30)35/h5-9,12,14-21,23,27-29,37,46H,10-11,13,22,24-26H2,1-4H3,(H,43,49)(H2,41,42,48)/t27-,28+,29-,37-/m0/s1. The number of aliphatic hydroxyl groups excluding tert-OH is 1. The molecule has 1 aliphatic heterocycles. The number of hydrogen-bond acceptors (Lipinski definition) is 6. The van der Waals surface area contributed by atoms with Crippen molar-refractivity contribution >= 4 is 45.8 Å². The van der Waals surface area contributed by atoms with Crippen molar-refractivity contribution in [2.45, 2.75) is 58.3 Å². The molecule has 0 radical (unpaired) electrons. The van der Waals surface area contributed by atoms with Gasteiger partial charge in [-0.2, -0.15) is 0 Å². The molecule has 0 fully saturated rings. The SMILES string of the molecule is C[C@H](CO)N1C[C@H](C)[C@H](CN(C)C(=O)Nc2cccc3ccccc23)OCCCC[C@H](C)Oc2ccc(NC(=O)Nc3ccccc3)cc2C1=O. The van der Waals surface area contributed by atoms with E-state index >= 15 is 0 Å². The molecule has 1 heterocycles. The Morgan fingerprint density at radius 1 is 0.922 bits per heavy atom. The lowest BCUT2D eigenvalue weighted by molar-refractivity contribution is -0.0115. The van der Waals surface area contributed by atoms with Gasteiger partial charge in [0.15, 0.2) is 0 Å². The summed E-state index contributed by atoms with van der Waals surface area (Å²) in [6.45, 7) is 6.48. The predicted octanol–water partition coefficient (Wildman–Crippen LogP) is 7.44. The molecule has 5 amide bonds. The van der Waals surface area contributed by atoms with E-state index in [1.54, 1.807) is 54.1 Å². The zero-order valence-corrected chi connectivity index (χ0v) is 29.8. The van der Waals surface area contributed by atoms with Crippen LogP contribution in [0.15, 0.2) is 91.0 Å². The van der Waals surface area contributed by atoms with Crippen LogP contribution in [0.25, 0.3) is 10.8 Å². The van der Waals surface area contributed by atoms with E-state index in [1.807, 2.05) is 74.5 Å². The maximum Gasteiger partial charge on any atom is 0.323 e. The van der Waals surface area contributed by atoms with Crippen molar-refractivity contribution in [2.75, 3.05) is 49.3 Å². The van der Waals surface area contributed by atoms with Crippen molar-refractivity contribution in [3.8, 4) is 5.75 Å². The summed E-state index contributed by atoms with van der Waals surface area (Å²) in [6, 6.07) is 26.5. The number of carbonyl (C=O) groups is 3. The number of rotatable bonds is 7.